The molecule has 3 heteroatoms. The molecule has 0 aliphatic heterocycles. The lowest BCUT2D eigenvalue weighted by Crippen LogP contribution is -2.42. The summed E-state index contributed by atoms with van der Waals surface area (Å²) >= 11 is 0. The topological polar surface area (TPSA) is 55.1 Å². The van der Waals surface area contributed by atoms with E-state index in [1.54, 1.807) is 0 Å². The highest BCUT2D eigenvalue weighted by atomic mass is 16.1. The number of amides is 1. The van der Waals surface area contributed by atoms with Crippen molar-refractivity contribution in [2.75, 3.05) is 0 Å². The van der Waals surface area contributed by atoms with Crippen molar-refractivity contribution in [3.8, 4) is 0 Å². The molecule has 0 aromatic heterocycles. The van der Waals surface area contributed by atoms with Crippen molar-refractivity contribution >= 4 is 5.91 Å². The minimum absolute atomic E-state index is 0.0362. The summed E-state index contributed by atoms with van der Waals surface area (Å²) < 4.78 is 0. The zero-order valence-electron chi connectivity index (χ0n) is 14.2. The molecule has 0 fully saturated rings. The first-order valence-electron chi connectivity index (χ1n) is 8.13. The summed E-state index contributed by atoms with van der Waals surface area (Å²) in [6.07, 6.45) is 1.29. The second kappa shape index (κ2) is 7.42. The Bertz CT molecular complexity index is 632. The molecule has 0 spiro atoms. The minimum atomic E-state index is -0.417. The Morgan fingerprint density at radius 1 is 1.09 bits per heavy atom. The molecule has 0 radical (unpaired) electrons. The maximum atomic E-state index is 12.3. The smallest absolute Gasteiger partial charge is 0.222 e. The number of nitrogens with one attached hydrogen (secondary N) is 1. The quantitative estimate of drug-likeness (QED) is 0.855. The lowest BCUT2D eigenvalue weighted by atomic mass is 9.92. The average Bonchev–Trinajstić information content (AvgIpc) is 2.55. The molecule has 0 aliphatic carbocycles. The summed E-state index contributed by atoms with van der Waals surface area (Å²) in [6, 6.07) is 17.8. The van der Waals surface area contributed by atoms with Gasteiger partial charge in [-0.15, -0.1) is 0 Å². The molecule has 2 rings (SSSR count). The maximum absolute atomic E-state index is 12.3. The van der Waals surface area contributed by atoms with Crippen LogP contribution in [0.1, 0.15) is 49.9 Å². The fraction of sp³-hybridized carbons (Fsp3) is 0.350. The minimum Gasteiger partial charge on any atom is -0.347 e. The van der Waals surface area contributed by atoms with E-state index in [1.807, 2.05) is 44.2 Å². The van der Waals surface area contributed by atoms with Gasteiger partial charge in [0.25, 0.3) is 0 Å². The van der Waals surface area contributed by atoms with Crippen molar-refractivity contribution < 1.29 is 4.79 Å². The number of carbonyl (C=O) groups excluding carboxylic acids is 1. The van der Waals surface area contributed by atoms with E-state index in [0.717, 1.165) is 17.5 Å². The number of aryl methyl sites for hydroxylation is 1. The van der Waals surface area contributed by atoms with Gasteiger partial charge in [0.05, 0.1) is 5.54 Å². The third-order valence-corrected chi connectivity index (χ3v) is 4.17. The van der Waals surface area contributed by atoms with E-state index in [9.17, 15) is 4.79 Å². The molecule has 3 nitrogen and oxygen atoms in total. The van der Waals surface area contributed by atoms with Crippen molar-refractivity contribution in [3.63, 3.8) is 0 Å². The summed E-state index contributed by atoms with van der Waals surface area (Å²) in [5, 5.41) is 3.09. The lowest BCUT2D eigenvalue weighted by molar-refractivity contribution is -0.123. The monoisotopic (exact) mass is 310 g/mol. The van der Waals surface area contributed by atoms with Crippen molar-refractivity contribution in [1.82, 2.24) is 5.32 Å². The highest BCUT2D eigenvalue weighted by Crippen LogP contribution is 2.22. The van der Waals surface area contributed by atoms with Gasteiger partial charge in [0.2, 0.25) is 5.91 Å². The lowest BCUT2D eigenvalue weighted by Gasteiger charge is -2.28. The van der Waals surface area contributed by atoms with Crippen molar-refractivity contribution in [3.05, 3.63) is 71.3 Å². The van der Waals surface area contributed by atoms with Crippen LogP contribution in [0.15, 0.2) is 54.6 Å². The first-order valence-corrected chi connectivity index (χ1v) is 8.13. The molecule has 0 saturated heterocycles. The molecule has 2 aromatic carbocycles. The van der Waals surface area contributed by atoms with Gasteiger partial charge in [-0.2, -0.15) is 0 Å². The number of hydrogen-bond acceptors (Lipinski definition) is 2. The molecular formula is C20H26N2O. The average molecular weight is 310 g/mol. The van der Waals surface area contributed by atoms with E-state index in [4.69, 9.17) is 5.73 Å². The second-order valence-electron chi connectivity index (χ2n) is 6.44. The fourth-order valence-electron chi connectivity index (χ4n) is 2.65. The van der Waals surface area contributed by atoms with Crippen molar-refractivity contribution in [1.29, 1.82) is 0 Å². The van der Waals surface area contributed by atoms with E-state index in [1.165, 1.54) is 5.56 Å². The first-order chi connectivity index (χ1) is 10.9. The highest BCUT2D eigenvalue weighted by Gasteiger charge is 2.23. The van der Waals surface area contributed by atoms with E-state index < -0.39 is 5.54 Å². The molecule has 1 unspecified atom stereocenters. The Morgan fingerprint density at radius 2 is 1.70 bits per heavy atom. The van der Waals surface area contributed by atoms with Gasteiger partial charge < -0.3 is 11.1 Å². The van der Waals surface area contributed by atoms with E-state index in [0.29, 0.717) is 0 Å². The number of hydrogen-bond donors (Lipinski definition) is 2. The zero-order chi connectivity index (χ0) is 16.9. The molecular weight excluding hydrogens is 284 g/mol. The Labute approximate surface area is 138 Å². The molecule has 0 heterocycles. The van der Waals surface area contributed by atoms with Crippen LogP contribution < -0.4 is 11.1 Å². The van der Waals surface area contributed by atoms with E-state index >= 15 is 0 Å². The summed E-state index contributed by atoms with van der Waals surface area (Å²) in [5.41, 5.74) is 9.08. The molecule has 1 atom stereocenters. The molecule has 0 bridgehead atoms. The number of carbonyl (C=O) groups is 1. The summed E-state index contributed by atoms with van der Waals surface area (Å²) in [4.78, 5) is 12.3. The van der Waals surface area contributed by atoms with Crippen LogP contribution in [0.2, 0.25) is 0 Å². The largest absolute Gasteiger partial charge is 0.347 e. The highest BCUT2D eigenvalue weighted by molar-refractivity contribution is 5.77. The third kappa shape index (κ3) is 4.67. The van der Waals surface area contributed by atoms with Crippen molar-refractivity contribution in [2.45, 2.75) is 45.2 Å². The summed E-state index contributed by atoms with van der Waals surface area (Å²) in [7, 11) is 0. The van der Waals surface area contributed by atoms with Crippen LogP contribution in [-0.2, 0) is 16.8 Å². The van der Waals surface area contributed by atoms with Gasteiger partial charge in [0.1, 0.15) is 0 Å². The van der Waals surface area contributed by atoms with Crippen molar-refractivity contribution in [2.24, 2.45) is 5.73 Å². The van der Waals surface area contributed by atoms with Gasteiger partial charge in [-0.05, 0) is 37.0 Å². The van der Waals surface area contributed by atoms with Crippen LogP contribution in [0.4, 0.5) is 0 Å². The Morgan fingerprint density at radius 3 is 2.26 bits per heavy atom. The van der Waals surface area contributed by atoms with E-state index in [-0.39, 0.29) is 18.4 Å². The zero-order valence-corrected chi connectivity index (χ0v) is 14.2. The van der Waals surface area contributed by atoms with Gasteiger partial charge in [0, 0.05) is 12.5 Å². The standard InChI is InChI=1S/C20H26N2O/c1-4-15-10-12-17(13-11-15)20(2,3)22-19(23)14-18(21)16-8-6-5-7-9-16/h5-13,18H,4,14,21H2,1-3H3,(H,22,23). The predicted molar refractivity (Wildman–Crippen MR) is 95.0 cm³/mol. The normalized spacial score (nSPS) is 12.7. The van der Waals surface area contributed by atoms with Crippen LogP contribution >= 0.6 is 0 Å². The first kappa shape index (κ1) is 17.2. The molecule has 0 saturated carbocycles. The van der Waals surface area contributed by atoms with Gasteiger partial charge >= 0.3 is 0 Å². The Balaban J connectivity index is 2.00. The second-order valence-corrected chi connectivity index (χ2v) is 6.44. The summed E-state index contributed by atoms with van der Waals surface area (Å²) in [5.74, 6) is -0.0362. The molecule has 1 amide bonds. The molecule has 0 aliphatic rings. The third-order valence-electron chi connectivity index (χ3n) is 4.17. The summed E-state index contributed by atoms with van der Waals surface area (Å²) in [6.45, 7) is 6.16. The number of rotatable bonds is 6. The van der Waals surface area contributed by atoms with Crippen LogP contribution in [0, 0.1) is 0 Å². The molecule has 3 N–H and O–H groups in total. The van der Waals surface area contributed by atoms with Gasteiger partial charge in [-0.1, -0.05) is 61.5 Å². The number of benzene rings is 2. The number of nitrogens with two attached hydrogens (primary N) is 1. The maximum Gasteiger partial charge on any atom is 0.222 e. The van der Waals surface area contributed by atoms with E-state index in [2.05, 4.69) is 36.5 Å². The van der Waals surface area contributed by atoms with Crippen LogP contribution in [-0.4, -0.2) is 5.91 Å². The fourth-order valence-corrected chi connectivity index (χ4v) is 2.65. The Kier molecular flexibility index (Phi) is 5.56. The van der Waals surface area contributed by atoms with Gasteiger partial charge in [0.15, 0.2) is 0 Å². The molecule has 23 heavy (non-hydrogen) atoms. The van der Waals surface area contributed by atoms with Crippen LogP contribution in [0.5, 0.6) is 0 Å². The van der Waals surface area contributed by atoms with Crippen LogP contribution in [0.3, 0.4) is 0 Å². The Hall–Kier alpha value is -2.13. The SMILES string of the molecule is CCc1ccc(C(C)(C)NC(=O)CC(N)c2ccccc2)cc1. The predicted octanol–water partition coefficient (Wildman–Crippen LogP) is 3.69. The molecule has 122 valence electrons. The van der Waals surface area contributed by atoms with Gasteiger partial charge in [-0.25, -0.2) is 0 Å². The molecule has 2 aromatic rings. The van der Waals surface area contributed by atoms with Gasteiger partial charge in [-0.3, -0.25) is 4.79 Å². The van der Waals surface area contributed by atoms with Crippen LogP contribution in [0.25, 0.3) is 0 Å².